The van der Waals surface area contributed by atoms with Gasteiger partial charge in [-0.1, -0.05) is 46.3 Å². The van der Waals surface area contributed by atoms with Gasteiger partial charge in [0.1, 0.15) is 5.60 Å². The maximum atomic E-state index is 11.1. The number of halogens is 1. The number of carboxylic acids is 2. The van der Waals surface area contributed by atoms with Crippen LogP contribution in [-0.2, 0) is 12.1 Å². The Morgan fingerprint density at radius 3 is 2.00 bits per heavy atom. The lowest BCUT2D eigenvalue weighted by Crippen LogP contribution is -2.23. The Labute approximate surface area is 214 Å². The van der Waals surface area contributed by atoms with E-state index in [1.165, 1.54) is 0 Å². The molecule has 0 spiro atoms. The van der Waals surface area contributed by atoms with Gasteiger partial charge in [-0.25, -0.2) is 14.6 Å². The number of aromatic nitrogens is 2. The summed E-state index contributed by atoms with van der Waals surface area (Å²) in [5.74, 6) is -1.83. The van der Waals surface area contributed by atoms with E-state index in [0.717, 1.165) is 43.8 Å². The summed E-state index contributed by atoms with van der Waals surface area (Å²) >= 11 is 3.36. The molecule has 0 radical (unpaired) electrons. The van der Waals surface area contributed by atoms with Crippen molar-refractivity contribution in [1.82, 2.24) is 9.55 Å². The van der Waals surface area contributed by atoms with Gasteiger partial charge >= 0.3 is 11.9 Å². The molecule has 4 aromatic carbocycles. The molecule has 0 amide bonds. The number of rotatable bonds is 3. The topological polar surface area (TPSA) is 113 Å². The standard InChI is InChI=1S/C17H14N2O3.C11H7BrO2/c20-16(21)13-2-1-12-8-14(4-3-11(12)7-13)17(22)5-6-19-10-18-9-15(17)19;12-10-4-3-7-5-9(11(13)14)2-1-8(7)6-10/h1-4,7-10,22H,5-6H2,(H,20,21);1-6H,(H,13,14). The van der Waals surface area contributed by atoms with E-state index < -0.39 is 17.5 Å². The van der Waals surface area contributed by atoms with E-state index in [1.54, 1.807) is 42.9 Å². The van der Waals surface area contributed by atoms with E-state index in [4.69, 9.17) is 10.2 Å². The third-order valence-electron chi connectivity index (χ3n) is 6.46. The molecule has 7 nitrogen and oxygen atoms in total. The van der Waals surface area contributed by atoms with Gasteiger partial charge in [-0.2, -0.15) is 0 Å². The van der Waals surface area contributed by atoms with Gasteiger partial charge in [0.15, 0.2) is 0 Å². The molecule has 0 fully saturated rings. The molecule has 3 N–H and O–H groups in total. The number of benzene rings is 4. The highest BCUT2D eigenvalue weighted by molar-refractivity contribution is 9.10. The van der Waals surface area contributed by atoms with Gasteiger partial charge in [0.05, 0.1) is 29.3 Å². The maximum absolute atomic E-state index is 11.1. The Bertz CT molecular complexity index is 1640. The first kappa shape index (κ1) is 23.7. The van der Waals surface area contributed by atoms with E-state index in [1.807, 2.05) is 47.0 Å². The second-order valence-electron chi connectivity index (χ2n) is 8.68. The van der Waals surface area contributed by atoms with Crippen LogP contribution in [-0.4, -0.2) is 36.8 Å². The highest BCUT2D eigenvalue weighted by atomic mass is 79.9. The van der Waals surface area contributed by atoms with Crippen molar-refractivity contribution in [2.24, 2.45) is 0 Å². The summed E-state index contributed by atoms with van der Waals surface area (Å²) in [6.07, 6.45) is 4.04. The van der Waals surface area contributed by atoms with Crippen LogP contribution in [0, 0.1) is 0 Å². The van der Waals surface area contributed by atoms with E-state index >= 15 is 0 Å². The molecule has 5 aromatic rings. The van der Waals surface area contributed by atoms with Gasteiger partial charge in [-0.05, 0) is 69.6 Å². The van der Waals surface area contributed by atoms with Crippen LogP contribution >= 0.6 is 15.9 Å². The number of aromatic carboxylic acids is 2. The number of carbonyl (C=O) groups is 2. The minimum Gasteiger partial charge on any atom is -0.478 e. The predicted octanol–water partition coefficient (Wildman–Crippen LogP) is 5.67. The Morgan fingerprint density at radius 1 is 0.806 bits per heavy atom. The van der Waals surface area contributed by atoms with Crippen LogP contribution < -0.4 is 0 Å². The van der Waals surface area contributed by atoms with Crippen LogP contribution in [0.3, 0.4) is 0 Å². The maximum Gasteiger partial charge on any atom is 0.335 e. The lowest BCUT2D eigenvalue weighted by molar-refractivity contribution is 0.0686. The van der Waals surface area contributed by atoms with Gasteiger partial charge in [-0.15, -0.1) is 0 Å². The van der Waals surface area contributed by atoms with Crippen LogP contribution in [0.5, 0.6) is 0 Å². The first-order valence-electron chi connectivity index (χ1n) is 11.2. The molecule has 0 saturated heterocycles. The number of hydrogen-bond donors (Lipinski definition) is 3. The number of carboxylic acid groups (broad SMARTS) is 2. The minimum atomic E-state index is -1.03. The first-order valence-corrected chi connectivity index (χ1v) is 12.0. The number of hydrogen-bond acceptors (Lipinski definition) is 4. The summed E-state index contributed by atoms with van der Waals surface area (Å²) < 4.78 is 2.95. The quantitative estimate of drug-likeness (QED) is 0.269. The summed E-state index contributed by atoms with van der Waals surface area (Å²) in [5, 5.41) is 32.6. The molecule has 8 heteroatoms. The van der Waals surface area contributed by atoms with E-state index in [2.05, 4.69) is 20.9 Å². The van der Waals surface area contributed by atoms with E-state index in [0.29, 0.717) is 12.0 Å². The van der Waals surface area contributed by atoms with Crippen molar-refractivity contribution in [3.8, 4) is 0 Å². The molecule has 0 saturated carbocycles. The molecule has 0 bridgehead atoms. The molecule has 1 aliphatic rings. The number of imidazole rings is 1. The van der Waals surface area contributed by atoms with Gasteiger partial charge < -0.3 is 19.9 Å². The fourth-order valence-corrected chi connectivity index (χ4v) is 4.91. The number of aryl methyl sites for hydroxylation is 1. The van der Waals surface area contributed by atoms with Crippen LogP contribution in [0.25, 0.3) is 21.5 Å². The molecule has 0 aliphatic carbocycles. The van der Waals surface area contributed by atoms with Crippen molar-refractivity contribution >= 4 is 49.4 Å². The monoisotopic (exact) mass is 544 g/mol. The normalized spacial score (nSPS) is 16.4. The highest BCUT2D eigenvalue weighted by Crippen LogP contribution is 2.39. The van der Waals surface area contributed by atoms with Crippen molar-refractivity contribution in [2.45, 2.75) is 18.6 Å². The number of fused-ring (bicyclic) bond motifs is 3. The van der Waals surface area contributed by atoms with Gasteiger partial charge in [0.2, 0.25) is 0 Å². The smallest absolute Gasteiger partial charge is 0.335 e. The largest absolute Gasteiger partial charge is 0.478 e. The second kappa shape index (κ2) is 9.22. The SMILES string of the molecule is O=C(O)c1ccc2cc(Br)ccc2c1.O=C(O)c1ccc2cc(C3(O)CCn4cncc43)ccc2c1. The summed E-state index contributed by atoms with van der Waals surface area (Å²) in [7, 11) is 0. The van der Waals surface area contributed by atoms with Crippen molar-refractivity contribution in [3.63, 3.8) is 0 Å². The average Bonchev–Trinajstić information content (AvgIpc) is 3.48. The van der Waals surface area contributed by atoms with E-state index in [9.17, 15) is 14.7 Å². The molecule has 36 heavy (non-hydrogen) atoms. The predicted molar refractivity (Wildman–Crippen MR) is 139 cm³/mol. The molecule has 1 unspecified atom stereocenters. The zero-order chi connectivity index (χ0) is 25.4. The van der Waals surface area contributed by atoms with Crippen molar-refractivity contribution in [3.05, 3.63) is 112 Å². The number of aliphatic hydroxyl groups is 1. The zero-order valence-electron chi connectivity index (χ0n) is 18.9. The molecule has 6 rings (SSSR count). The van der Waals surface area contributed by atoms with Crippen LogP contribution in [0.2, 0.25) is 0 Å². The third kappa shape index (κ3) is 4.36. The van der Waals surface area contributed by atoms with Crippen molar-refractivity contribution < 1.29 is 24.9 Å². The van der Waals surface area contributed by atoms with Crippen LogP contribution in [0.4, 0.5) is 0 Å². The van der Waals surface area contributed by atoms with Gasteiger partial charge in [0.25, 0.3) is 0 Å². The van der Waals surface area contributed by atoms with Gasteiger partial charge in [0, 0.05) is 17.4 Å². The molecular formula is C28H21BrN2O5. The lowest BCUT2D eigenvalue weighted by atomic mass is 9.88. The molecule has 1 aliphatic heterocycles. The number of nitrogens with zero attached hydrogens (tertiary/aromatic N) is 2. The average molecular weight is 545 g/mol. The molecular weight excluding hydrogens is 524 g/mol. The summed E-state index contributed by atoms with van der Waals surface area (Å²) in [4.78, 5) is 25.8. The Balaban J connectivity index is 0.000000165. The lowest BCUT2D eigenvalue weighted by Gasteiger charge is -2.22. The fraction of sp³-hybridized carbons (Fsp3) is 0.107. The highest BCUT2D eigenvalue weighted by Gasteiger charge is 2.39. The molecule has 180 valence electrons. The van der Waals surface area contributed by atoms with Crippen LogP contribution in [0.1, 0.15) is 38.4 Å². The Kier molecular flexibility index (Phi) is 6.07. The zero-order valence-corrected chi connectivity index (χ0v) is 20.5. The Hall–Kier alpha value is -4.01. The molecule has 1 atom stereocenters. The molecule has 2 heterocycles. The van der Waals surface area contributed by atoms with E-state index in [-0.39, 0.29) is 5.56 Å². The second-order valence-corrected chi connectivity index (χ2v) is 9.59. The van der Waals surface area contributed by atoms with Crippen LogP contribution in [0.15, 0.2) is 89.8 Å². The van der Waals surface area contributed by atoms with Gasteiger partial charge in [-0.3, -0.25) is 0 Å². The molecule has 1 aromatic heterocycles. The van der Waals surface area contributed by atoms with Crippen molar-refractivity contribution in [1.29, 1.82) is 0 Å². The first-order chi connectivity index (χ1) is 17.2. The fourth-order valence-electron chi connectivity index (χ4n) is 4.53. The summed E-state index contributed by atoms with van der Waals surface area (Å²) in [5.41, 5.74) is 1.16. The van der Waals surface area contributed by atoms with Crippen molar-refractivity contribution in [2.75, 3.05) is 0 Å². The third-order valence-corrected chi connectivity index (χ3v) is 6.96. The minimum absolute atomic E-state index is 0.262. The summed E-state index contributed by atoms with van der Waals surface area (Å²) in [6.45, 7) is 0.738. The summed E-state index contributed by atoms with van der Waals surface area (Å²) in [6, 6.07) is 21.5. The Morgan fingerprint density at radius 2 is 1.36 bits per heavy atom.